The molecular weight excluding hydrogens is 200 g/mol. The number of hydrogen-bond acceptors (Lipinski definition) is 3. The second kappa shape index (κ2) is 4.43. The fraction of sp³-hybridized carbons (Fsp3) is 0.300. The second-order valence-electron chi connectivity index (χ2n) is 3.15. The Hall–Kier alpha value is -1.08. The van der Waals surface area contributed by atoms with Crippen molar-refractivity contribution in [3.63, 3.8) is 0 Å². The third kappa shape index (κ3) is 2.46. The van der Waals surface area contributed by atoms with Gasteiger partial charge in [-0.2, -0.15) is 5.26 Å². The van der Waals surface area contributed by atoms with Crippen LogP contribution in [0.3, 0.4) is 0 Å². The van der Waals surface area contributed by atoms with Gasteiger partial charge in [0.2, 0.25) is 0 Å². The van der Waals surface area contributed by atoms with E-state index in [9.17, 15) is 5.11 Å². The average Bonchev–Trinajstić information content (AvgIpc) is 2.15. The van der Waals surface area contributed by atoms with E-state index in [-0.39, 0.29) is 0 Å². The fourth-order valence-corrected chi connectivity index (χ4v) is 1.39. The molecule has 0 radical (unpaired) electrons. The van der Waals surface area contributed by atoms with Crippen LogP contribution in [0.1, 0.15) is 24.1 Å². The molecular formula is C10H11ClN2O. The molecule has 1 rings (SSSR count). The Balaban J connectivity index is 3.10. The fourth-order valence-electron chi connectivity index (χ4n) is 1.15. The molecule has 2 atom stereocenters. The number of hydrogen-bond donors (Lipinski definition) is 2. The lowest BCUT2D eigenvalue weighted by molar-refractivity contribution is 0.164. The maximum absolute atomic E-state index is 9.28. The van der Waals surface area contributed by atoms with Gasteiger partial charge in [0.15, 0.2) is 0 Å². The van der Waals surface area contributed by atoms with Crippen LogP contribution in [0, 0.1) is 11.3 Å². The molecule has 0 fully saturated rings. The van der Waals surface area contributed by atoms with Gasteiger partial charge in [0.1, 0.15) is 0 Å². The first-order valence-electron chi connectivity index (χ1n) is 4.19. The molecule has 4 heteroatoms. The normalized spacial score (nSPS) is 14.5. The van der Waals surface area contributed by atoms with Crippen molar-refractivity contribution in [2.45, 2.75) is 19.1 Å². The minimum atomic E-state index is -0.667. The van der Waals surface area contributed by atoms with Gasteiger partial charge in [0, 0.05) is 5.02 Å². The molecule has 74 valence electrons. The minimum Gasteiger partial charge on any atom is -0.391 e. The zero-order chi connectivity index (χ0) is 10.7. The summed E-state index contributed by atoms with van der Waals surface area (Å²) >= 11 is 5.79. The van der Waals surface area contributed by atoms with Crippen LogP contribution in [0.25, 0.3) is 0 Å². The van der Waals surface area contributed by atoms with Crippen LogP contribution < -0.4 is 5.73 Å². The largest absolute Gasteiger partial charge is 0.391 e. The highest BCUT2D eigenvalue weighted by Gasteiger charge is 2.13. The van der Waals surface area contributed by atoms with E-state index < -0.39 is 12.1 Å². The molecule has 1 unspecified atom stereocenters. The zero-order valence-electron chi connectivity index (χ0n) is 7.74. The van der Waals surface area contributed by atoms with Gasteiger partial charge in [0.05, 0.1) is 23.8 Å². The van der Waals surface area contributed by atoms with Crippen LogP contribution in [-0.2, 0) is 0 Å². The molecule has 3 N–H and O–H groups in total. The van der Waals surface area contributed by atoms with Crippen molar-refractivity contribution in [1.82, 2.24) is 0 Å². The number of benzene rings is 1. The summed E-state index contributed by atoms with van der Waals surface area (Å²) in [7, 11) is 0. The molecule has 0 saturated heterocycles. The molecule has 14 heavy (non-hydrogen) atoms. The van der Waals surface area contributed by atoms with Gasteiger partial charge in [-0.1, -0.05) is 11.6 Å². The van der Waals surface area contributed by atoms with E-state index in [4.69, 9.17) is 22.6 Å². The van der Waals surface area contributed by atoms with Crippen LogP contribution in [0.15, 0.2) is 18.2 Å². The monoisotopic (exact) mass is 210 g/mol. The Morgan fingerprint density at radius 3 is 2.64 bits per heavy atom. The summed E-state index contributed by atoms with van der Waals surface area (Å²) in [6, 6.07) is 6.30. The molecule has 0 aliphatic rings. The lowest BCUT2D eigenvalue weighted by Crippen LogP contribution is -2.23. The van der Waals surface area contributed by atoms with E-state index in [2.05, 4.69) is 0 Å². The predicted octanol–water partition coefficient (Wildman–Crippen LogP) is 1.59. The van der Waals surface area contributed by atoms with Gasteiger partial charge >= 0.3 is 0 Å². The molecule has 0 aromatic heterocycles. The number of aliphatic hydroxyl groups is 1. The SMILES string of the molecule is CC(O)[C@H](N)c1cc(Cl)cc(C#N)c1. The summed E-state index contributed by atoms with van der Waals surface area (Å²) < 4.78 is 0. The number of nitriles is 1. The number of nitrogens with zero attached hydrogens (tertiary/aromatic N) is 1. The van der Waals surface area contributed by atoms with Crippen molar-refractivity contribution in [1.29, 1.82) is 5.26 Å². The van der Waals surface area contributed by atoms with Crippen molar-refractivity contribution in [3.8, 4) is 6.07 Å². The van der Waals surface area contributed by atoms with Crippen LogP contribution in [0.4, 0.5) is 0 Å². The van der Waals surface area contributed by atoms with Gasteiger partial charge in [-0.05, 0) is 30.7 Å². The quantitative estimate of drug-likeness (QED) is 0.779. The van der Waals surface area contributed by atoms with Gasteiger partial charge in [0.25, 0.3) is 0 Å². The van der Waals surface area contributed by atoms with Crippen LogP contribution in [-0.4, -0.2) is 11.2 Å². The molecule has 1 aromatic rings. The highest BCUT2D eigenvalue weighted by atomic mass is 35.5. The van der Waals surface area contributed by atoms with E-state index >= 15 is 0 Å². The number of aliphatic hydroxyl groups excluding tert-OH is 1. The Labute approximate surface area is 87.7 Å². The molecule has 0 aliphatic carbocycles. The molecule has 0 amide bonds. The molecule has 0 saturated carbocycles. The van der Waals surface area contributed by atoms with E-state index in [1.54, 1.807) is 25.1 Å². The third-order valence-corrected chi connectivity index (χ3v) is 2.17. The standard InChI is InChI=1S/C10H11ClN2O/c1-6(14)10(13)8-2-7(5-12)3-9(11)4-8/h2-4,6,10,14H,13H2,1H3/t6?,10-/m0/s1. The summed E-state index contributed by atoms with van der Waals surface area (Å²) in [6.45, 7) is 1.59. The predicted molar refractivity (Wildman–Crippen MR) is 54.8 cm³/mol. The first-order valence-corrected chi connectivity index (χ1v) is 4.56. The Bertz CT molecular complexity index is 371. The zero-order valence-corrected chi connectivity index (χ0v) is 8.49. The Morgan fingerprint density at radius 2 is 2.14 bits per heavy atom. The van der Waals surface area contributed by atoms with Gasteiger partial charge < -0.3 is 10.8 Å². The second-order valence-corrected chi connectivity index (χ2v) is 3.59. The lowest BCUT2D eigenvalue weighted by Gasteiger charge is -2.15. The lowest BCUT2D eigenvalue weighted by atomic mass is 10.0. The highest BCUT2D eigenvalue weighted by Crippen LogP contribution is 2.20. The highest BCUT2D eigenvalue weighted by molar-refractivity contribution is 6.30. The molecule has 0 aliphatic heterocycles. The number of rotatable bonds is 2. The van der Waals surface area contributed by atoms with E-state index in [0.717, 1.165) is 0 Å². The molecule has 0 bridgehead atoms. The summed E-state index contributed by atoms with van der Waals surface area (Å²) in [5, 5.41) is 18.4. The summed E-state index contributed by atoms with van der Waals surface area (Å²) in [5.41, 5.74) is 6.83. The number of halogens is 1. The first-order chi connectivity index (χ1) is 6.54. The van der Waals surface area contributed by atoms with E-state index in [0.29, 0.717) is 16.1 Å². The maximum atomic E-state index is 9.28. The summed E-state index contributed by atoms with van der Waals surface area (Å²) in [5.74, 6) is 0. The topological polar surface area (TPSA) is 70.0 Å². The molecule has 0 heterocycles. The first kappa shape index (κ1) is 11.0. The van der Waals surface area contributed by atoms with Gasteiger partial charge in [-0.25, -0.2) is 0 Å². The summed E-state index contributed by atoms with van der Waals surface area (Å²) in [6.07, 6.45) is -0.667. The average molecular weight is 211 g/mol. The Morgan fingerprint density at radius 1 is 1.50 bits per heavy atom. The van der Waals surface area contributed by atoms with E-state index in [1.807, 2.05) is 6.07 Å². The summed E-state index contributed by atoms with van der Waals surface area (Å²) in [4.78, 5) is 0. The van der Waals surface area contributed by atoms with Crippen LogP contribution in [0.5, 0.6) is 0 Å². The van der Waals surface area contributed by atoms with Crippen molar-refractivity contribution in [2.24, 2.45) is 5.73 Å². The van der Waals surface area contributed by atoms with Crippen LogP contribution >= 0.6 is 11.6 Å². The van der Waals surface area contributed by atoms with Crippen molar-refractivity contribution >= 4 is 11.6 Å². The van der Waals surface area contributed by atoms with Crippen molar-refractivity contribution < 1.29 is 5.11 Å². The van der Waals surface area contributed by atoms with Crippen molar-refractivity contribution in [3.05, 3.63) is 34.3 Å². The smallest absolute Gasteiger partial charge is 0.0992 e. The minimum absolute atomic E-state index is 0.448. The van der Waals surface area contributed by atoms with Gasteiger partial charge in [-0.15, -0.1) is 0 Å². The van der Waals surface area contributed by atoms with Crippen molar-refractivity contribution in [2.75, 3.05) is 0 Å². The molecule has 0 spiro atoms. The molecule has 1 aromatic carbocycles. The van der Waals surface area contributed by atoms with Crippen LogP contribution in [0.2, 0.25) is 5.02 Å². The molecule has 3 nitrogen and oxygen atoms in total. The Kier molecular flexibility index (Phi) is 3.48. The van der Waals surface area contributed by atoms with Gasteiger partial charge in [-0.3, -0.25) is 0 Å². The third-order valence-electron chi connectivity index (χ3n) is 1.95. The maximum Gasteiger partial charge on any atom is 0.0992 e. The van der Waals surface area contributed by atoms with E-state index in [1.165, 1.54) is 0 Å². The number of nitrogens with two attached hydrogens (primary N) is 1.